The number of para-hydroxylation sites is 1. The van der Waals surface area contributed by atoms with Gasteiger partial charge in [0, 0.05) is 42.3 Å². The average molecular weight is 465 g/mol. The molecule has 3 heterocycles. The lowest BCUT2D eigenvalue weighted by Crippen LogP contribution is -2.47. The number of ether oxygens (including phenoxy) is 1. The third-order valence-electron chi connectivity index (χ3n) is 5.84. The Labute approximate surface area is 197 Å². The van der Waals surface area contributed by atoms with E-state index in [0.717, 1.165) is 53.5 Å². The van der Waals surface area contributed by atoms with Gasteiger partial charge in [0.05, 0.1) is 12.0 Å². The molecule has 0 atom stereocenters. The fourth-order valence-corrected chi connectivity index (χ4v) is 5.60. The minimum Gasteiger partial charge on any atom is -0.494 e. The van der Waals surface area contributed by atoms with Gasteiger partial charge in [-0.3, -0.25) is 0 Å². The van der Waals surface area contributed by atoms with Gasteiger partial charge < -0.3 is 14.5 Å². The van der Waals surface area contributed by atoms with Crippen LogP contribution in [0.2, 0.25) is 5.28 Å². The highest BCUT2D eigenvalue weighted by Crippen LogP contribution is 2.42. The highest BCUT2D eigenvalue weighted by Gasteiger charge is 2.25. The Morgan fingerprint density at radius 1 is 0.938 bits per heavy atom. The van der Waals surface area contributed by atoms with Gasteiger partial charge in [-0.2, -0.15) is 4.98 Å². The molecule has 4 aromatic rings. The molecule has 0 radical (unpaired) electrons. The highest BCUT2D eigenvalue weighted by molar-refractivity contribution is 7.19. The first-order valence-electron chi connectivity index (χ1n) is 10.9. The maximum atomic E-state index is 6.36. The van der Waals surface area contributed by atoms with Crippen LogP contribution in [0.5, 0.6) is 5.75 Å². The Balaban J connectivity index is 1.51. The number of aromatic nitrogens is 2. The van der Waals surface area contributed by atoms with E-state index in [1.54, 1.807) is 11.3 Å². The summed E-state index contributed by atoms with van der Waals surface area (Å²) in [7, 11) is 0. The summed E-state index contributed by atoms with van der Waals surface area (Å²) in [6, 6.07) is 18.9. The van der Waals surface area contributed by atoms with Crippen molar-refractivity contribution in [3.05, 3.63) is 64.8 Å². The van der Waals surface area contributed by atoms with Crippen LogP contribution in [0.3, 0.4) is 0 Å². The molecule has 1 saturated heterocycles. The molecule has 5 nitrogen and oxygen atoms in total. The van der Waals surface area contributed by atoms with E-state index in [0.29, 0.717) is 11.9 Å². The van der Waals surface area contributed by atoms with Gasteiger partial charge in [0.25, 0.3) is 0 Å². The number of hydrogen-bond donors (Lipinski definition) is 0. The van der Waals surface area contributed by atoms with Crippen molar-refractivity contribution >= 4 is 44.7 Å². The summed E-state index contributed by atoms with van der Waals surface area (Å²) in [5, 5.41) is 1.40. The maximum absolute atomic E-state index is 6.36. The summed E-state index contributed by atoms with van der Waals surface area (Å²) < 4.78 is 5.62. The van der Waals surface area contributed by atoms with E-state index in [-0.39, 0.29) is 0 Å². The van der Waals surface area contributed by atoms with E-state index in [9.17, 15) is 0 Å². The summed E-state index contributed by atoms with van der Waals surface area (Å²) in [5.74, 6) is 1.81. The van der Waals surface area contributed by atoms with Crippen LogP contribution in [0.4, 0.5) is 11.5 Å². The number of piperazine rings is 1. The van der Waals surface area contributed by atoms with Crippen molar-refractivity contribution in [2.24, 2.45) is 0 Å². The number of aryl methyl sites for hydroxylation is 1. The Morgan fingerprint density at radius 2 is 1.62 bits per heavy atom. The summed E-state index contributed by atoms with van der Waals surface area (Å²) in [6.07, 6.45) is 0. The average Bonchev–Trinajstić information content (AvgIpc) is 3.15. The summed E-state index contributed by atoms with van der Waals surface area (Å²) in [4.78, 5) is 16.2. The second kappa shape index (κ2) is 8.96. The van der Waals surface area contributed by atoms with Crippen molar-refractivity contribution in [3.8, 4) is 16.9 Å². The molecule has 1 aliphatic rings. The van der Waals surface area contributed by atoms with Gasteiger partial charge in [-0.15, -0.1) is 11.3 Å². The van der Waals surface area contributed by atoms with Crippen LogP contribution < -0.4 is 14.5 Å². The van der Waals surface area contributed by atoms with E-state index >= 15 is 0 Å². The largest absolute Gasteiger partial charge is 0.494 e. The van der Waals surface area contributed by atoms with Crippen LogP contribution in [0.15, 0.2) is 54.6 Å². The van der Waals surface area contributed by atoms with Gasteiger partial charge in [0.1, 0.15) is 16.4 Å². The molecule has 0 saturated carbocycles. The topological polar surface area (TPSA) is 41.5 Å². The van der Waals surface area contributed by atoms with Gasteiger partial charge >= 0.3 is 0 Å². The maximum Gasteiger partial charge on any atom is 0.225 e. The van der Waals surface area contributed by atoms with Gasteiger partial charge in [0.15, 0.2) is 0 Å². The molecule has 2 aromatic carbocycles. The zero-order chi connectivity index (χ0) is 22.1. The SMILES string of the molecule is CCOc1ccc(-c2c(C)sc3nc(Cl)nc(N4CCN(c5ccccc5)CC4)c23)cc1. The fourth-order valence-electron chi connectivity index (χ4n) is 4.34. The molecule has 0 bridgehead atoms. The van der Waals surface area contributed by atoms with Crippen LogP contribution in [-0.4, -0.2) is 42.8 Å². The monoisotopic (exact) mass is 464 g/mol. The second-order valence-electron chi connectivity index (χ2n) is 7.80. The van der Waals surface area contributed by atoms with Gasteiger partial charge in [-0.25, -0.2) is 4.98 Å². The number of rotatable bonds is 5. The zero-order valence-corrected chi connectivity index (χ0v) is 19.8. The lowest BCUT2D eigenvalue weighted by atomic mass is 10.0. The van der Waals surface area contributed by atoms with Crippen molar-refractivity contribution in [1.82, 2.24) is 9.97 Å². The standard InChI is InChI=1S/C25H25ClN4OS/c1-3-31-20-11-9-18(10-12-20)21-17(2)32-24-22(21)23(27-25(26)28-24)30-15-13-29(14-16-30)19-7-5-4-6-8-19/h4-12H,3,13-16H2,1-2H3. The molecular formula is C25H25ClN4OS. The fraction of sp³-hybridized carbons (Fsp3) is 0.280. The number of hydrogen-bond acceptors (Lipinski definition) is 6. The number of anilines is 2. The van der Waals surface area contributed by atoms with E-state index in [4.69, 9.17) is 21.3 Å². The smallest absolute Gasteiger partial charge is 0.225 e. The number of thiophene rings is 1. The molecule has 7 heteroatoms. The normalized spacial score (nSPS) is 14.2. The van der Waals surface area contributed by atoms with Crippen molar-refractivity contribution in [2.75, 3.05) is 42.6 Å². The number of benzene rings is 2. The van der Waals surface area contributed by atoms with E-state index in [2.05, 4.69) is 64.2 Å². The van der Waals surface area contributed by atoms with Crippen LogP contribution in [0.1, 0.15) is 11.8 Å². The minimum absolute atomic E-state index is 0.303. The molecule has 0 unspecified atom stereocenters. The minimum atomic E-state index is 0.303. The van der Waals surface area contributed by atoms with Crippen LogP contribution in [0, 0.1) is 6.92 Å². The number of fused-ring (bicyclic) bond motifs is 1. The molecule has 2 aromatic heterocycles. The second-order valence-corrected chi connectivity index (χ2v) is 9.34. The lowest BCUT2D eigenvalue weighted by Gasteiger charge is -2.37. The molecule has 164 valence electrons. The van der Waals surface area contributed by atoms with E-state index < -0.39 is 0 Å². The first-order valence-corrected chi connectivity index (χ1v) is 12.1. The van der Waals surface area contributed by atoms with Gasteiger partial charge in [-0.05, 0) is 55.3 Å². The molecular weight excluding hydrogens is 440 g/mol. The molecule has 0 amide bonds. The third-order valence-corrected chi connectivity index (χ3v) is 7.00. The Bertz CT molecular complexity index is 1220. The first-order chi connectivity index (χ1) is 15.6. The lowest BCUT2D eigenvalue weighted by molar-refractivity contribution is 0.340. The predicted octanol–water partition coefficient (Wildman–Crippen LogP) is 6.05. The summed E-state index contributed by atoms with van der Waals surface area (Å²) >= 11 is 8.04. The van der Waals surface area contributed by atoms with Crippen molar-refractivity contribution in [3.63, 3.8) is 0 Å². The number of halogens is 1. The number of nitrogens with zero attached hydrogens (tertiary/aromatic N) is 4. The van der Waals surface area contributed by atoms with Crippen molar-refractivity contribution in [2.45, 2.75) is 13.8 Å². The molecule has 0 N–H and O–H groups in total. The van der Waals surface area contributed by atoms with Gasteiger partial charge in [-0.1, -0.05) is 30.3 Å². The van der Waals surface area contributed by atoms with Crippen molar-refractivity contribution < 1.29 is 4.74 Å². The van der Waals surface area contributed by atoms with E-state index in [1.807, 2.05) is 19.1 Å². The predicted molar refractivity (Wildman–Crippen MR) is 135 cm³/mol. The van der Waals surface area contributed by atoms with Gasteiger partial charge in [0.2, 0.25) is 5.28 Å². The first kappa shape index (κ1) is 21.0. The summed E-state index contributed by atoms with van der Waals surface area (Å²) in [6.45, 7) is 8.44. The molecule has 0 aliphatic carbocycles. The Morgan fingerprint density at radius 3 is 2.31 bits per heavy atom. The molecule has 32 heavy (non-hydrogen) atoms. The van der Waals surface area contributed by atoms with Crippen LogP contribution >= 0.6 is 22.9 Å². The van der Waals surface area contributed by atoms with Crippen LogP contribution in [-0.2, 0) is 0 Å². The zero-order valence-electron chi connectivity index (χ0n) is 18.2. The molecule has 1 fully saturated rings. The third kappa shape index (κ3) is 4.00. The van der Waals surface area contributed by atoms with Crippen molar-refractivity contribution in [1.29, 1.82) is 0 Å². The van der Waals surface area contributed by atoms with E-state index in [1.165, 1.54) is 16.1 Å². The Hall–Kier alpha value is -2.83. The Kier molecular flexibility index (Phi) is 5.89. The molecule has 5 rings (SSSR count). The summed E-state index contributed by atoms with van der Waals surface area (Å²) in [5.41, 5.74) is 3.59. The molecule has 0 spiro atoms. The van der Waals surface area contributed by atoms with Crippen LogP contribution in [0.25, 0.3) is 21.3 Å². The highest BCUT2D eigenvalue weighted by atomic mass is 35.5. The molecule has 1 aliphatic heterocycles. The quantitative estimate of drug-likeness (QED) is 0.336.